The molecular formula is C22H21Cl3FN7O9P2S2. The molecule has 24 heteroatoms. The molecule has 0 amide bonds. The highest BCUT2D eigenvalue weighted by Gasteiger charge is 2.54. The highest BCUT2D eigenvalue weighted by atomic mass is 35.5. The van der Waals surface area contributed by atoms with Crippen LogP contribution in [0.15, 0.2) is 24.8 Å². The summed E-state index contributed by atoms with van der Waals surface area (Å²) in [6.07, 6.45) is -9.75. The Bertz CT molecular complexity index is 1950. The quantitative estimate of drug-likeness (QED) is 0.160. The van der Waals surface area contributed by atoms with E-state index in [0.717, 1.165) is 6.33 Å². The smallest absolute Gasteiger partial charge is 0.386 e. The number of thiol groups is 2. The Morgan fingerprint density at radius 2 is 1.61 bits per heavy atom. The number of ether oxygens (including phenoxy) is 2. The number of alkyl halides is 1. The lowest BCUT2D eigenvalue weighted by atomic mass is 10.1. The van der Waals surface area contributed by atoms with Crippen LogP contribution in [0.25, 0.3) is 22.2 Å². The zero-order valence-electron chi connectivity index (χ0n) is 22.6. The zero-order valence-corrected chi connectivity index (χ0v) is 28.5. The van der Waals surface area contributed by atoms with Crippen LogP contribution in [0.4, 0.5) is 10.2 Å². The van der Waals surface area contributed by atoms with Crippen LogP contribution in [0.5, 0.6) is 0 Å². The van der Waals surface area contributed by atoms with E-state index < -0.39 is 76.0 Å². The summed E-state index contributed by atoms with van der Waals surface area (Å²) >= 11 is 26.9. The fraction of sp³-hybridized carbons (Fsp3) is 0.455. The molecule has 3 aliphatic heterocycles. The van der Waals surface area contributed by atoms with Crippen LogP contribution < -0.4 is 5.73 Å². The molecule has 3 N–H and O–H groups in total. The molecule has 3 fully saturated rings. The van der Waals surface area contributed by atoms with Crippen LogP contribution in [0, 0.1) is 0 Å². The molecule has 0 saturated carbocycles. The van der Waals surface area contributed by atoms with Crippen molar-refractivity contribution in [1.82, 2.24) is 29.1 Å². The second-order valence-corrected chi connectivity index (χ2v) is 17.2. The first-order chi connectivity index (χ1) is 21.7. The molecule has 46 heavy (non-hydrogen) atoms. The van der Waals surface area contributed by atoms with Crippen LogP contribution >= 0.6 is 72.9 Å². The maximum atomic E-state index is 16.0. The largest absolute Gasteiger partial charge is 0.387 e. The van der Waals surface area contributed by atoms with E-state index in [1.165, 1.54) is 27.6 Å². The molecule has 1 aromatic carbocycles. The number of aliphatic hydroxyl groups excluding tert-OH is 1. The Morgan fingerprint density at radius 1 is 0.957 bits per heavy atom. The molecule has 3 saturated heterocycles. The van der Waals surface area contributed by atoms with E-state index in [2.05, 4.69) is 44.4 Å². The standard InChI is InChI=1S/C22H21Cl3FN7O9P2S2/c23-7-1-9-10(2-8(7)24)33(22(25)31-9)21-17-15(34)11(39-21)3-37-43(35,45)41-16-12(4-38-44(36,46)42-17)40-20(13(16)26)32-6-30-14-18(27)28-5-29-19(14)32/h1-2,5-6,11-13,15-17,20-21,34H,3-4H2,(H,35,45)(H,36,46)(H2,27,28,29)/t11-,12-,13?,15?,16?,17?,20-,21-,43?,44?/m1/s1. The number of aromatic nitrogens is 6. The van der Waals surface area contributed by atoms with Gasteiger partial charge < -0.3 is 20.3 Å². The fourth-order valence-corrected chi connectivity index (χ4v) is 8.95. The third kappa shape index (κ3) is 5.96. The first-order valence-corrected chi connectivity index (χ1v) is 19.7. The normalized spacial score (nSPS) is 37.2. The molecule has 248 valence electrons. The van der Waals surface area contributed by atoms with Gasteiger partial charge in [0.05, 0.1) is 40.6 Å². The Labute approximate surface area is 283 Å². The molecule has 6 heterocycles. The number of imidazole rings is 2. The first-order valence-electron chi connectivity index (χ1n) is 13.1. The highest BCUT2D eigenvalue weighted by Crippen LogP contribution is 2.60. The number of hydrogen-bond acceptors (Lipinski definition) is 14. The van der Waals surface area contributed by atoms with Crippen molar-refractivity contribution in [2.75, 3.05) is 18.9 Å². The fourth-order valence-electron chi connectivity index (χ4n) is 5.42. The molecule has 0 aliphatic carbocycles. The van der Waals surface area contributed by atoms with Crippen LogP contribution in [0.2, 0.25) is 15.3 Å². The van der Waals surface area contributed by atoms with E-state index >= 15 is 4.39 Å². The van der Waals surface area contributed by atoms with Crippen LogP contribution in [-0.4, -0.2) is 84.1 Å². The maximum Gasteiger partial charge on any atom is 0.386 e. The molecular weight excluding hydrogens is 758 g/mol. The third-order valence-electron chi connectivity index (χ3n) is 7.50. The van der Waals surface area contributed by atoms with Gasteiger partial charge >= 0.3 is 13.6 Å². The van der Waals surface area contributed by atoms with Gasteiger partial charge in [-0.3, -0.25) is 27.2 Å². The van der Waals surface area contributed by atoms with Gasteiger partial charge in [0.15, 0.2) is 30.1 Å². The number of nitrogens with zero attached hydrogens (tertiary/aromatic N) is 6. The topological polar surface area (TPSA) is 197 Å². The van der Waals surface area contributed by atoms with Crippen molar-refractivity contribution >= 4 is 101 Å². The lowest BCUT2D eigenvalue weighted by Crippen LogP contribution is -2.35. The van der Waals surface area contributed by atoms with Crippen molar-refractivity contribution in [3.8, 4) is 0 Å². The van der Waals surface area contributed by atoms with Gasteiger partial charge in [-0.25, -0.2) is 33.5 Å². The number of aliphatic hydroxyl groups is 1. The molecule has 3 aromatic heterocycles. The SMILES string of the molecule is Nc1ncnc2c1ncn2[C@@H]1O[C@@H]2COP(=O)(S)OC3C(O)[C@@H](COP(=O)(S)OC2C1F)O[C@H]3n1c(Cl)nc2cc(Cl)c(Cl)cc21. The number of fused-ring (bicyclic) bond motifs is 5. The molecule has 6 unspecified atom stereocenters. The van der Waals surface area contributed by atoms with Crippen molar-refractivity contribution in [2.24, 2.45) is 0 Å². The number of halogens is 4. The van der Waals surface area contributed by atoms with E-state index in [-0.39, 0.29) is 32.3 Å². The van der Waals surface area contributed by atoms with Crippen molar-refractivity contribution in [2.45, 2.75) is 49.1 Å². The van der Waals surface area contributed by atoms with Crippen LogP contribution in [0.1, 0.15) is 12.5 Å². The monoisotopic (exact) mass is 777 g/mol. The van der Waals surface area contributed by atoms with Gasteiger partial charge in [-0.05, 0) is 23.7 Å². The number of anilines is 1. The second-order valence-electron chi connectivity index (χ2n) is 10.3. The van der Waals surface area contributed by atoms with Gasteiger partial charge in [0, 0.05) is 0 Å². The van der Waals surface area contributed by atoms with Crippen molar-refractivity contribution in [3.05, 3.63) is 40.1 Å². The molecule has 4 aromatic rings. The molecule has 16 nitrogen and oxygen atoms in total. The zero-order chi connectivity index (χ0) is 32.7. The Hall–Kier alpha value is -1.28. The van der Waals surface area contributed by atoms with Gasteiger partial charge in [-0.2, -0.15) is 0 Å². The molecule has 2 bridgehead atoms. The minimum atomic E-state index is -4.41. The van der Waals surface area contributed by atoms with Crippen molar-refractivity contribution < 1.29 is 46.2 Å². The second kappa shape index (κ2) is 12.2. The van der Waals surface area contributed by atoms with Crippen LogP contribution in [0.3, 0.4) is 0 Å². The Morgan fingerprint density at radius 3 is 2.35 bits per heavy atom. The van der Waals surface area contributed by atoms with E-state index in [1.54, 1.807) is 0 Å². The summed E-state index contributed by atoms with van der Waals surface area (Å²) in [5.41, 5.74) is 6.84. The van der Waals surface area contributed by atoms with Gasteiger partial charge in [-0.1, -0.05) is 47.7 Å². The maximum absolute atomic E-state index is 16.0. The lowest BCUT2D eigenvalue weighted by Gasteiger charge is -2.26. The third-order valence-corrected chi connectivity index (χ3v) is 11.7. The summed E-state index contributed by atoms with van der Waals surface area (Å²) in [6, 6.07) is 2.93. The summed E-state index contributed by atoms with van der Waals surface area (Å²) in [7, 11) is 0. The minimum Gasteiger partial charge on any atom is -0.387 e. The highest BCUT2D eigenvalue weighted by molar-refractivity contribution is 8.44. The number of rotatable bonds is 2. The van der Waals surface area contributed by atoms with E-state index in [0.29, 0.717) is 11.0 Å². The summed E-state index contributed by atoms with van der Waals surface area (Å²) in [6.45, 7) is -10.1. The Kier molecular flexibility index (Phi) is 8.85. The average molecular weight is 779 g/mol. The summed E-state index contributed by atoms with van der Waals surface area (Å²) in [5, 5.41) is 11.5. The first kappa shape index (κ1) is 33.2. The van der Waals surface area contributed by atoms with Crippen molar-refractivity contribution in [1.29, 1.82) is 0 Å². The van der Waals surface area contributed by atoms with Gasteiger partial charge in [0.1, 0.15) is 42.4 Å². The predicted octanol–water partition coefficient (Wildman–Crippen LogP) is 4.81. The molecule has 0 radical (unpaired) electrons. The lowest BCUT2D eigenvalue weighted by molar-refractivity contribution is -0.0566. The molecule has 0 spiro atoms. The molecule has 3 aliphatic rings. The van der Waals surface area contributed by atoms with E-state index in [1.807, 2.05) is 0 Å². The van der Waals surface area contributed by atoms with Gasteiger partial charge in [0.25, 0.3) is 0 Å². The number of nitrogens with two attached hydrogens (primary N) is 1. The summed E-state index contributed by atoms with van der Waals surface area (Å²) < 4.78 is 79.7. The van der Waals surface area contributed by atoms with Gasteiger partial charge in [-0.15, -0.1) is 0 Å². The van der Waals surface area contributed by atoms with E-state index in [4.69, 9.17) is 68.1 Å². The molecule has 10 atom stereocenters. The molecule has 7 rings (SSSR count). The minimum absolute atomic E-state index is 0.0509. The van der Waals surface area contributed by atoms with Crippen LogP contribution in [-0.2, 0) is 36.7 Å². The Balaban J connectivity index is 1.21. The number of nitrogen functional groups attached to an aromatic ring is 1. The average Bonchev–Trinajstić information content (AvgIpc) is 3.71. The predicted molar refractivity (Wildman–Crippen MR) is 168 cm³/mol. The number of benzene rings is 1. The van der Waals surface area contributed by atoms with E-state index in [9.17, 15) is 14.2 Å². The van der Waals surface area contributed by atoms with Gasteiger partial charge in [0.2, 0.25) is 5.28 Å². The van der Waals surface area contributed by atoms with Crippen molar-refractivity contribution in [3.63, 3.8) is 0 Å². The summed E-state index contributed by atoms with van der Waals surface area (Å²) in [5.74, 6) is 0.0509. The number of hydrogen-bond donors (Lipinski definition) is 4. The summed E-state index contributed by atoms with van der Waals surface area (Å²) in [4.78, 5) is 16.3.